The number of aromatic hydroxyl groups is 1. The molecule has 0 unspecified atom stereocenters. The van der Waals surface area contributed by atoms with Gasteiger partial charge in [-0.25, -0.2) is 4.39 Å². The minimum Gasteiger partial charge on any atom is -0.504 e. The first-order chi connectivity index (χ1) is 7.53. The highest BCUT2D eigenvalue weighted by Gasteiger charge is 2.30. The molecule has 0 heterocycles. The normalized spacial score (nSPS) is 19.7. The molecular weight excluding hydrogens is 229 g/mol. The number of halogens is 2. The van der Waals surface area contributed by atoms with Gasteiger partial charge in [0.15, 0.2) is 11.6 Å². The van der Waals surface area contributed by atoms with Gasteiger partial charge < -0.3 is 10.8 Å². The van der Waals surface area contributed by atoms with Gasteiger partial charge in [-0.15, -0.1) is 0 Å². The monoisotopic (exact) mass is 243 g/mol. The average Bonchev–Trinajstić information content (AvgIpc) is 2.26. The smallest absolute Gasteiger partial charge is 0.170 e. The molecule has 0 aromatic heterocycles. The summed E-state index contributed by atoms with van der Waals surface area (Å²) in [6.07, 6.45) is 4.96. The Morgan fingerprint density at radius 3 is 2.44 bits per heavy atom. The second-order valence-corrected chi connectivity index (χ2v) is 4.91. The van der Waals surface area contributed by atoms with Crippen LogP contribution in [0.25, 0.3) is 0 Å². The van der Waals surface area contributed by atoms with Crippen molar-refractivity contribution in [2.45, 2.75) is 37.6 Å². The summed E-state index contributed by atoms with van der Waals surface area (Å²) in [6, 6.07) is 2.87. The van der Waals surface area contributed by atoms with Crippen molar-refractivity contribution in [3.8, 4) is 5.75 Å². The molecule has 2 rings (SSSR count). The Morgan fingerprint density at radius 2 is 1.88 bits per heavy atom. The Bertz CT molecular complexity index is 379. The molecule has 1 aliphatic rings. The van der Waals surface area contributed by atoms with Crippen LogP contribution in [0, 0.1) is 5.82 Å². The first kappa shape index (κ1) is 11.7. The van der Waals surface area contributed by atoms with Crippen LogP contribution in [0.2, 0.25) is 5.02 Å². The first-order valence-electron chi connectivity index (χ1n) is 5.50. The SMILES string of the molecule is NC1(c2cc(F)c(O)c(Cl)c2)CCCCC1. The van der Waals surface area contributed by atoms with E-state index in [9.17, 15) is 9.50 Å². The van der Waals surface area contributed by atoms with Crippen LogP contribution in [0.4, 0.5) is 4.39 Å². The van der Waals surface area contributed by atoms with Crippen molar-refractivity contribution in [2.75, 3.05) is 0 Å². The maximum atomic E-state index is 13.4. The summed E-state index contributed by atoms with van der Waals surface area (Å²) in [5.41, 5.74) is 6.46. The second-order valence-electron chi connectivity index (χ2n) is 4.51. The molecule has 0 bridgehead atoms. The van der Waals surface area contributed by atoms with Gasteiger partial charge in [0, 0.05) is 5.54 Å². The van der Waals surface area contributed by atoms with Crippen LogP contribution >= 0.6 is 11.6 Å². The zero-order valence-electron chi connectivity index (χ0n) is 8.97. The minimum atomic E-state index is -0.696. The van der Waals surface area contributed by atoms with E-state index >= 15 is 0 Å². The molecule has 2 nitrogen and oxygen atoms in total. The number of nitrogens with two attached hydrogens (primary N) is 1. The molecule has 1 aliphatic carbocycles. The molecule has 88 valence electrons. The molecule has 1 fully saturated rings. The Balaban J connectivity index is 2.39. The molecule has 1 aromatic carbocycles. The molecule has 0 amide bonds. The molecule has 0 saturated heterocycles. The minimum absolute atomic E-state index is 0.0328. The van der Waals surface area contributed by atoms with E-state index in [1.165, 1.54) is 12.5 Å². The van der Waals surface area contributed by atoms with Crippen LogP contribution in [0.3, 0.4) is 0 Å². The summed E-state index contributed by atoms with van der Waals surface area (Å²) in [5.74, 6) is -1.19. The molecule has 0 radical (unpaired) electrons. The van der Waals surface area contributed by atoms with Crippen LogP contribution in [-0.4, -0.2) is 5.11 Å². The fourth-order valence-electron chi connectivity index (χ4n) is 2.32. The predicted molar refractivity (Wildman–Crippen MR) is 62.0 cm³/mol. The van der Waals surface area contributed by atoms with Gasteiger partial charge in [-0.1, -0.05) is 30.9 Å². The molecule has 1 saturated carbocycles. The molecular formula is C12H15ClFNO. The van der Waals surface area contributed by atoms with Gasteiger partial charge in [-0.3, -0.25) is 0 Å². The topological polar surface area (TPSA) is 46.2 Å². The lowest BCUT2D eigenvalue weighted by Crippen LogP contribution is -2.38. The van der Waals surface area contributed by atoms with E-state index in [0.29, 0.717) is 5.56 Å². The molecule has 0 spiro atoms. The van der Waals surface area contributed by atoms with Gasteiger partial charge in [0.05, 0.1) is 5.02 Å². The third kappa shape index (κ3) is 2.02. The van der Waals surface area contributed by atoms with Gasteiger partial charge in [0.1, 0.15) is 0 Å². The lowest BCUT2D eigenvalue weighted by molar-refractivity contribution is 0.300. The number of hydrogen-bond donors (Lipinski definition) is 2. The van der Waals surface area contributed by atoms with Crippen molar-refractivity contribution < 1.29 is 9.50 Å². The van der Waals surface area contributed by atoms with E-state index in [-0.39, 0.29) is 5.02 Å². The number of benzene rings is 1. The molecule has 1 aromatic rings. The maximum absolute atomic E-state index is 13.4. The Morgan fingerprint density at radius 1 is 1.25 bits per heavy atom. The zero-order chi connectivity index (χ0) is 11.8. The predicted octanol–water partition coefficient (Wildman–Crippen LogP) is 3.30. The van der Waals surface area contributed by atoms with Gasteiger partial charge >= 0.3 is 0 Å². The number of phenols is 1. The largest absolute Gasteiger partial charge is 0.504 e. The van der Waals surface area contributed by atoms with Crippen molar-refractivity contribution in [1.29, 1.82) is 0 Å². The van der Waals surface area contributed by atoms with Crippen molar-refractivity contribution in [3.63, 3.8) is 0 Å². The maximum Gasteiger partial charge on any atom is 0.170 e. The number of rotatable bonds is 1. The summed E-state index contributed by atoms with van der Waals surface area (Å²) in [6.45, 7) is 0. The van der Waals surface area contributed by atoms with Crippen LogP contribution in [-0.2, 0) is 5.54 Å². The summed E-state index contributed by atoms with van der Waals surface area (Å²) < 4.78 is 13.4. The lowest BCUT2D eigenvalue weighted by Gasteiger charge is -2.34. The Labute approximate surface area is 99.2 Å². The van der Waals surface area contributed by atoms with Gasteiger partial charge in [0.2, 0.25) is 0 Å². The summed E-state index contributed by atoms with van der Waals surface area (Å²) in [4.78, 5) is 0. The highest BCUT2D eigenvalue weighted by atomic mass is 35.5. The van der Waals surface area contributed by atoms with Crippen molar-refractivity contribution in [1.82, 2.24) is 0 Å². The Hall–Kier alpha value is -0.800. The molecule has 16 heavy (non-hydrogen) atoms. The summed E-state index contributed by atoms with van der Waals surface area (Å²) in [5, 5.41) is 9.30. The van der Waals surface area contributed by atoms with Gasteiger partial charge in [-0.2, -0.15) is 0 Å². The van der Waals surface area contributed by atoms with E-state index in [0.717, 1.165) is 25.7 Å². The second kappa shape index (κ2) is 4.22. The van der Waals surface area contributed by atoms with Gasteiger partial charge in [-0.05, 0) is 30.5 Å². The van der Waals surface area contributed by atoms with E-state index in [2.05, 4.69) is 0 Å². The van der Waals surface area contributed by atoms with Crippen molar-refractivity contribution >= 4 is 11.6 Å². The highest BCUT2D eigenvalue weighted by molar-refractivity contribution is 6.32. The van der Waals surface area contributed by atoms with E-state index in [1.54, 1.807) is 6.07 Å². The Kier molecular flexibility index (Phi) is 3.08. The number of phenolic OH excluding ortho intramolecular Hbond substituents is 1. The van der Waals surface area contributed by atoms with Crippen molar-refractivity contribution in [3.05, 3.63) is 28.5 Å². The van der Waals surface area contributed by atoms with Crippen LogP contribution in [0.15, 0.2) is 12.1 Å². The highest BCUT2D eigenvalue weighted by Crippen LogP contribution is 2.38. The fourth-order valence-corrected chi connectivity index (χ4v) is 2.53. The third-order valence-corrected chi connectivity index (χ3v) is 3.63. The third-order valence-electron chi connectivity index (χ3n) is 3.34. The average molecular weight is 244 g/mol. The van der Waals surface area contributed by atoms with Crippen LogP contribution in [0.1, 0.15) is 37.7 Å². The molecule has 0 aliphatic heterocycles. The summed E-state index contributed by atoms with van der Waals surface area (Å²) >= 11 is 5.75. The van der Waals surface area contributed by atoms with Crippen molar-refractivity contribution in [2.24, 2.45) is 5.73 Å². The number of hydrogen-bond acceptors (Lipinski definition) is 2. The quantitative estimate of drug-likeness (QED) is 0.795. The summed E-state index contributed by atoms with van der Waals surface area (Å²) in [7, 11) is 0. The van der Waals surface area contributed by atoms with E-state index in [4.69, 9.17) is 17.3 Å². The first-order valence-corrected chi connectivity index (χ1v) is 5.88. The molecule has 0 atom stereocenters. The van der Waals surface area contributed by atoms with E-state index < -0.39 is 17.1 Å². The molecule has 4 heteroatoms. The van der Waals surface area contributed by atoms with E-state index in [1.807, 2.05) is 0 Å². The van der Waals surface area contributed by atoms with Gasteiger partial charge in [0.25, 0.3) is 0 Å². The lowest BCUT2D eigenvalue weighted by atomic mass is 9.77. The molecule has 3 N–H and O–H groups in total. The zero-order valence-corrected chi connectivity index (χ0v) is 9.73. The standard InChI is InChI=1S/C12H15ClFNO/c13-9-6-8(7-10(14)11(9)16)12(15)4-2-1-3-5-12/h6-7,16H,1-5,15H2. The fraction of sp³-hybridized carbons (Fsp3) is 0.500. The van der Waals surface area contributed by atoms with Crippen LogP contribution < -0.4 is 5.73 Å². The van der Waals surface area contributed by atoms with Crippen LogP contribution in [0.5, 0.6) is 5.75 Å².